The van der Waals surface area contributed by atoms with Crippen LogP contribution in [0, 0.1) is 0 Å². The van der Waals surface area contributed by atoms with Crippen molar-refractivity contribution in [3.05, 3.63) is 23.7 Å². The lowest BCUT2D eigenvalue weighted by Gasteiger charge is -2.09. The van der Waals surface area contributed by atoms with Gasteiger partial charge >= 0.3 is 0 Å². The van der Waals surface area contributed by atoms with Crippen molar-refractivity contribution in [3.8, 4) is 11.5 Å². The topological polar surface area (TPSA) is 47.6 Å². The molecule has 1 aromatic carbocycles. The molecule has 0 saturated heterocycles. The van der Waals surface area contributed by atoms with E-state index in [1.165, 1.54) is 14.0 Å². The number of hydrogen-bond acceptors (Lipinski definition) is 4. The van der Waals surface area contributed by atoms with Crippen LogP contribution in [0.1, 0.15) is 25.5 Å². The van der Waals surface area contributed by atoms with Gasteiger partial charge in [0.1, 0.15) is 2.74 Å². The Morgan fingerprint density at radius 3 is 3.13 bits per heavy atom. The standard InChI is InChI=1S/C11H13NO3/c1-7(12-2)11(13)8-3-4-9-10(5-8)15-6-14-9/h3-5,7,12H,6H2,1-2H3/t7-/m1/s1/i3D,4D,5D,6D2,7D. The monoisotopic (exact) mass is 213 g/mol. The lowest BCUT2D eigenvalue weighted by molar-refractivity contribution is 0.0954. The lowest BCUT2D eigenvalue weighted by atomic mass is 10.1. The Bertz CT molecular complexity index is 631. The molecule has 4 nitrogen and oxygen atoms in total. The fraction of sp³-hybridized carbons (Fsp3) is 0.364. The number of ether oxygens (including phenoxy) is 2. The van der Waals surface area contributed by atoms with Crippen molar-refractivity contribution in [2.45, 2.75) is 12.9 Å². The van der Waals surface area contributed by atoms with E-state index in [-0.39, 0.29) is 5.75 Å². The molecule has 1 N–H and O–H groups in total. The number of ketones is 1. The van der Waals surface area contributed by atoms with Crippen molar-refractivity contribution >= 4 is 5.78 Å². The zero-order valence-corrected chi connectivity index (χ0v) is 8.22. The van der Waals surface area contributed by atoms with Gasteiger partial charge in [0, 0.05) is 5.56 Å². The maximum Gasteiger partial charge on any atom is 0.231 e. The van der Waals surface area contributed by atoms with E-state index in [1.54, 1.807) is 0 Å². The van der Waals surface area contributed by atoms with E-state index < -0.39 is 48.0 Å². The van der Waals surface area contributed by atoms with Crippen LogP contribution in [-0.2, 0) is 0 Å². The van der Waals surface area contributed by atoms with Crippen LogP contribution in [0.2, 0.25) is 0 Å². The van der Waals surface area contributed by atoms with E-state index in [2.05, 4.69) is 5.32 Å². The van der Waals surface area contributed by atoms with Gasteiger partial charge in [-0.15, -0.1) is 0 Å². The summed E-state index contributed by atoms with van der Waals surface area (Å²) in [7, 11) is 1.38. The molecule has 1 aliphatic rings. The van der Waals surface area contributed by atoms with Crippen LogP contribution in [0.5, 0.6) is 11.5 Å². The van der Waals surface area contributed by atoms with Gasteiger partial charge in [0.25, 0.3) is 0 Å². The van der Waals surface area contributed by atoms with E-state index in [0.717, 1.165) is 0 Å². The normalized spacial score (nSPS) is 26.3. The summed E-state index contributed by atoms with van der Waals surface area (Å²) in [6.07, 6.45) is 0. The molecular weight excluding hydrogens is 194 g/mol. The Kier molecular flexibility index (Phi) is 1.30. The van der Waals surface area contributed by atoms with Gasteiger partial charge in [-0.3, -0.25) is 4.79 Å². The molecule has 0 amide bonds. The minimum Gasteiger partial charge on any atom is -0.454 e. The molecule has 1 heterocycles. The van der Waals surface area contributed by atoms with Crippen molar-refractivity contribution in [1.82, 2.24) is 5.32 Å². The highest BCUT2D eigenvalue weighted by atomic mass is 16.7. The first-order chi connectivity index (χ1) is 9.52. The molecule has 0 aromatic heterocycles. The van der Waals surface area contributed by atoms with Gasteiger partial charge in [0.05, 0.1) is 11.5 Å². The molecule has 0 unspecified atom stereocenters. The van der Waals surface area contributed by atoms with Crippen molar-refractivity contribution in [1.29, 1.82) is 0 Å². The Morgan fingerprint density at radius 1 is 1.67 bits per heavy atom. The molecular formula is C11H13NO3. The Hall–Kier alpha value is -1.55. The molecule has 0 bridgehead atoms. The fourth-order valence-corrected chi connectivity index (χ4v) is 1.04. The fourth-order valence-electron chi connectivity index (χ4n) is 1.04. The first-order valence-electron chi connectivity index (χ1n) is 7.27. The highest BCUT2D eigenvalue weighted by Crippen LogP contribution is 2.32. The molecule has 0 aliphatic carbocycles. The van der Waals surface area contributed by atoms with Crippen LogP contribution in [0.15, 0.2) is 18.1 Å². The van der Waals surface area contributed by atoms with Crippen molar-refractivity contribution < 1.29 is 22.5 Å². The third-order valence-corrected chi connectivity index (χ3v) is 1.98. The quantitative estimate of drug-likeness (QED) is 0.767. The van der Waals surface area contributed by atoms with Crippen LogP contribution in [-0.4, -0.2) is 25.6 Å². The average Bonchev–Trinajstić information content (AvgIpc) is 2.72. The Labute approximate surface area is 96.6 Å². The van der Waals surface area contributed by atoms with E-state index in [0.29, 0.717) is 0 Å². The predicted octanol–water partition coefficient (Wildman–Crippen LogP) is 1.21. The molecule has 1 atom stereocenters. The first kappa shape index (κ1) is 4.99. The van der Waals surface area contributed by atoms with Crippen LogP contribution in [0.3, 0.4) is 0 Å². The van der Waals surface area contributed by atoms with Gasteiger partial charge < -0.3 is 14.8 Å². The minimum atomic E-state index is -2.56. The molecule has 0 spiro atoms. The number of likely N-dealkylation sites (N-methyl/N-ethyl adjacent to an activating group) is 1. The van der Waals surface area contributed by atoms with Crippen LogP contribution >= 0.6 is 0 Å². The van der Waals surface area contributed by atoms with Crippen molar-refractivity contribution in [3.63, 3.8) is 0 Å². The highest BCUT2D eigenvalue weighted by molar-refractivity contribution is 6.00. The van der Waals surface area contributed by atoms with E-state index in [4.69, 9.17) is 17.7 Å². The van der Waals surface area contributed by atoms with Gasteiger partial charge in [0.2, 0.25) is 6.75 Å². The first-order valence-corrected chi connectivity index (χ1v) is 4.27. The molecule has 80 valence electrons. The average molecular weight is 213 g/mol. The van der Waals surface area contributed by atoms with Gasteiger partial charge in [-0.25, -0.2) is 0 Å². The number of fused-ring (bicyclic) bond motifs is 1. The number of carbonyl (C=O) groups is 1. The number of nitrogens with one attached hydrogen (secondary N) is 1. The second-order valence-electron chi connectivity index (χ2n) is 2.90. The van der Waals surface area contributed by atoms with Gasteiger partial charge in [-0.1, -0.05) is 0 Å². The summed E-state index contributed by atoms with van der Waals surface area (Å²) < 4.78 is 55.5. The van der Waals surface area contributed by atoms with E-state index >= 15 is 0 Å². The largest absolute Gasteiger partial charge is 0.454 e. The smallest absolute Gasteiger partial charge is 0.231 e. The second-order valence-corrected chi connectivity index (χ2v) is 2.90. The molecule has 0 saturated carbocycles. The zero-order chi connectivity index (χ0) is 16.2. The molecule has 1 aromatic rings. The number of benzene rings is 1. The molecule has 0 radical (unpaired) electrons. The Balaban J connectivity index is 2.67. The maximum absolute atomic E-state index is 12.3. The predicted molar refractivity (Wildman–Crippen MR) is 55.4 cm³/mol. The summed E-state index contributed by atoms with van der Waals surface area (Å²) in [6.45, 7) is -1.31. The summed E-state index contributed by atoms with van der Waals surface area (Å²) in [5.41, 5.74) is -0.480. The number of hydrogen-bond donors (Lipinski definition) is 1. The molecule has 2 rings (SSSR count). The molecule has 15 heavy (non-hydrogen) atoms. The van der Waals surface area contributed by atoms with Crippen LogP contribution < -0.4 is 14.8 Å². The number of rotatable bonds is 3. The minimum absolute atomic E-state index is 0.386. The van der Waals surface area contributed by atoms with Gasteiger partial charge in [-0.05, 0) is 32.1 Å². The van der Waals surface area contributed by atoms with Gasteiger partial charge in [-0.2, -0.15) is 0 Å². The summed E-state index contributed by atoms with van der Waals surface area (Å²) in [5, 5.41) is 2.44. The van der Waals surface area contributed by atoms with Crippen LogP contribution in [0.25, 0.3) is 0 Å². The molecule has 1 aliphatic heterocycles. The third-order valence-electron chi connectivity index (χ3n) is 1.98. The van der Waals surface area contributed by atoms with Crippen molar-refractivity contribution in [2.24, 2.45) is 0 Å². The van der Waals surface area contributed by atoms with E-state index in [1.807, 2.05) is 0 Å². The van der Waals surface area contributed by atoms with Gasteiger partial charge in [0.15, 0.2) is 17.3 Å². The summed E-state index contributed by atoms with van der Waals surface area (Å²) >= 11 is 0. The third kappa shape index (κ3) is 1.80. The second kappa shape index (κ2) is 3.90. The van der Waals surface area contributed by atoms with Crippen LogP contribution in [0.4, 0.5) is 0 Å². The highest BCUT2D eigenvalue weighted by Gasteiger charge is 2.18. The molecule has 4 heteroatoms. The lowest BCUT2D eigenvalue weighted by Crippen LogP contribution is -2.30. The summed E-state index contributed by atoms with van der Waals surface area (Å²) in [4.78, 5) is 12.3. The number of carbonyl (C=O) groups excluding carboxylic acids is 1. The SMILES string of the molecule is [2H]c1c([2H])c(C(=O)[C@@]([2H])(C)NC)c([2H])c2c1OC([2H])([2H])O2. The van der Waals surface area contributed by atoms with E-state index in [9.17, 15) is 4.79 Å². The summed E-state index contributed by atoms with van der Waals surface area (Å²) in [6, 6.07) is -3.51. The number of Topliss-reactive ketones (excluding diaryl/α,β-unsaturated/α-hetero) is 1. The van der Waals surface area contributed by atoms with Crippen molar-refractivity contribution in [2.75, 3.05) is 13.8 Å². The zero-order valence-electron chi connectivity index (χ0n) is 14.2. The summed E-state index contributed by atoms with van der Waals surface area (Å²) in [5.74, 6) is -1.67. The maximum atomic E-state index is 12.3. The Morgan fingerprint density at radius 2 is 2.40 bits per heavy atom. The molecule has 0 fully saturated rings.